The van der Waals surface area contributed by atoms with Gasteiger partial charge in [-0.25, -0.2) is 9.59 Å². The lowest BCUT2D eigenvalue weighted by Crippen LogP contribution is -2.28. The van der Waals surface area contributed by atoms with Gasteiger partial charge in [-0.2, -0.15) is 0 Å². The Bertz CT molecular complexity index is 851. The van der Waals surface area contributed by atoms with Crippen LogP contribution in [0, 0.1) is 6.92 Å². The number of nitrogens with one attached hydrogen (secondary N) is 1. The maximum atomic E-state index is 12.5. The van der Waals surface area contributed by atoms with E-state index in [1.165, 1.54) is 0 Å². The van der Waals surface area contributed by atoms with E-state index in [-0.39, 0.29) is 11.6 Å². The summed E-state index contributed by atoms with van der Waals surface area (Å²) in [6, 6.07) is 13.3. The number of rotatable bonds is 5. The number of nitrogens with two attached hydrogens (primary N) is 1. The summed E-state index contributed by atoms with van der Waals surface area (Å²) in [6.45, 7) is 2.96. The van der Waals surface area contributed by atoms with Gasteiger partial charge in [0, 0.05) is 24.3 Å². The van der Waals surface area contributed by atoms with Crippen molar-refractivity contribution in [2.45, 2.75) is 13.0 Å². The fourth-order valence-electron chi connectivity index (χ4n) is 2.88. The summed E-state index contributed by atoms with van der Waals surface area (Å²) in [6.07, 6.45) is -1.16. The van der Waals surface area contributed by atoms with Crippen molar-refractivity contribution in [3.05, 3.63) is 65.2 Å². The fraction of sp³-hybridized carbons (Fsp3) is 0.211. The summed E-state index contributed by atoms with van der Waals surface area (Å²) < 4.78 is 5.32. The second-order valence-corrected chi connectivity index (χ2v) is 5.98. The van der Waals surface area contributed by atoms with E-state index in [4.69, 9.17) is 10.5 Å². The zero-order chi connectivity index (χ0) is 18.7. The number of urea groups is 1. The maximum Gasteiger partial charge on any atom is 0.339 e. The highest BCUT2D eigenvalue weighted by atomic mass is 16.5. The molecule has 7 heteroatoms. The molecule has 0 unspecified atom stereocenters. The number of ether oxygens (including phenoxy) is 1. The van der Waals surface area contributed by atoms with Crippen LogP contribution in [0.1, 0.15) is 27.6 Å². The van der Waals surface area contributed by atoms with Crippen LogP contribution < -0.4 is 16.0 Å². The average Bonchev–Trinajstić information content (AvgIpc) is 3.05. The van der Waals surface area contributed by atoms with Crippen molar-refractivity contribution in [3.63, 3.8) is 0 Å². The molecule has 3 rings (SSSR count). The van der Waals surface area contributed by atoms with E-state index in [0.717, 1.165) is 11.3 Å². The van der Waals surface area contributed by atoms with Crippen molar-refractivity contribution in [3.8, 4) is 0 Å². The Labute approximate surface area is 150 Å². The molecule has 1 aliphatic rings. The van der Waals surface area contributed by atoms with Gasteiger partial charge in [-0.3, -0.25) is 9.69 Å². The van der Waals surface area contributed by atoms with E-state index in [1.54, 1.807) is 60.4 Å². The predicted molar refractivity (Wildman–Crippen MR) is 95.7 cm³/mol. The number of anilines is 1. The largest absolute Gasteiger partial charge is 0.444 e. The van der Waals surface area contributed by atoms with Gasteiger partial charge in [0.2, 0.25) is 6.10 Å². The molecule has 2 aromatic carbocycles. The Morgan fingerprint density at radius 2 is 1.92 bits per heavy atom. The monoisotopic (exact) mass is 353 g/mol. The van der Waals surface area contributed by atoms with Crippen LogP contribution in [0.4, 0.5) is 10.5 Å². The summed E-state index contributed by atoms with van der Waals surface area (Å²) >= 11 is 0. The lowest BCUT2D eigenvalue weighted by Gasteiger charge is -2.18. The smallest absolute Gasteiger partial charge is 0.339 e. The van der Waals surface area contributed by atoms with Crippen LogP contribution in [0.5, 0.6) is 0 Å². The summed E-state index contributed by atoms with van der Waals surface area (Å²) in [5.74, 6) is -1.40. The first-order valence-corrected chi connectivity index (χ1v) is 8.18. The molecule has 7 nitrogen and oxygen atoms in total. The zero-order valence-electron chi connectivity index (χ0n) is 14.3. The summed E-state index contributed by atoms with van der Waals surface area (Å²) in [5.41, 5.74) is 7.66. The molecular formula is C19H19N3O4. The number of esters is 1. The molecule has 3 amide bonds. The molecule has 0 aromatic heterocycles. The first-order chi connectivity index (χ1) is 12.5. The van der Waals surface area contributed by atoms with E-state index in [9.17, 15) is 14.4 Å². The summed E-state index contributed by atoms with van der Waals surface area (Å²) in [5, 5.41) is 2.73. The van der Waals surface area contributed by atoms with Gasteiger partial charge in [0.25, 0.3) is 5.91 Å². The lowest BCUT2D eigenvalue weighted by atomic mass is 10.1. The van der Waals surface area contributed by atoms with E-state index in [1.807, 2.05) is 0 Å². The Morgan fingerprint density at radius 3 is 2.50 bits per heavy atom. The second kappa shape index (κ2) is 7.26. The Morgan fingerprint density at radius 1 is 1.19 bits per heavy atom. The van der Waals surface area contributed by atoms with Gasteiger partial charge in [0.1, 0.15) is 0 Å². The van der Waals surface area contributed by atoms with Gasteiger partial charge >= 0.3 is 12.0 Å². The molecule has 0 radical (unpaired) electrons. The minimum Gasteiger partial charge on any atom is -0.444 e. The van der Waals surface area contributed by atoms with Crippen molar-refractivity contribution in [2.75, 3.05) is 18.0 Å². The molecule has 3 N–H and O–H groups in total. The molecule has 0 aliphatic carbocycles. The molecule has 1 saturated heterocycles. The molecule has 134 valence electrons. The molecule has 0 spiro atoms. The highest BCUT2D eigenvalue weighted by molar-refractivity contribution is 5.97. The van der Waals surface area contributed by atoms with Gasteiger partial charge in [-0.15, -0.1) is 0 Å². The van der Waals surface area contributed by atoms with Crippen LogP contribution in [0.15, 0.2) is 48.5 Å². The highest BCUT2D eigenvalue weighted by Crippen LogP contribution is 2.25. The first-order valence-electron chi connectivity index (χ1n) is 8.18. The van der Waals surface area contributed by atoms with E-state index >= 15 is 0 Å². The number of carbonyl (C=O) groups excluding carboxylic acids is 3. The summed E-state index contributed by atoms with van der Waals surface area (Å²) in [4.78, 5) is 37.6. The van der Waals surface area contributed by atoms with Crippen LogP contribution in [-0.2, 0) is 9.53 Å². The fourth-order valence-corrected chi connectivity index (χ4v) is 2.88. The third-order valence-corrected chi connectivity index (χ3v) is 4.17. The molecular weight excluding hydrogens is 334 g/mol. The maximum absolute atomic E-state index is 12.5. The standard InChI is InChI=1S/C19H19N3O4/c1-12-11-14(7-8-15(12)22-10-9-21-19(22)25)18(24)26-16(17(20)23)13-5-3-2-4-6-13/h2-8,11,16H,9-10H2,1H3,(H2,20,23)(H,21,25)/t16-/m0/s1. The highest BCUT2D eigenvalue weighted by Gasteiger charge is 2.25. The normalized spacial score (nSPS) is 14.7. The molecule has 0 bridgehead atoms. The van der Waals surface area contributed by atoms with Gasteiger partial charge in [-0.1, -0.05) is 30.3 Å². The van der Waals surface area contributed by atoms with Crippen molar-refractivity contribution in [1.82, 2.24) is 5.32 Å². The van der Waals surface area contributed by atoms with Gasteiger partial charge in [-0.05, 0) is 30.7 Å². The number of hydrogen-bond donors (Lipinski definition) is 2. The first kappa shape index (κ1) is 17.5. The molecule has 1 fully saturated rings. The van der Waals surface area contributed by atoms with Gasteiger partial charge in [0.15, 0.2) is 0 Å². The van der Waals surface area contributed by atoms with Crippen molar-refractivity contribution < 1.29 is 19.1 Å². The second-order valence-electron chi connectivity index (χ2n) is 5.98. The van der Waals surface area contributed by atoms with Crippen LogP contribution >= 0.6 is 0 Å². The SMILES string of the molecule is Cc1cc(C(=O)O[C@H](C(N)=O)c2ccccc2)ccc1N1CCNC1=O. The van der Waals surface area contributed by atoms with Gasteiger partial charge < -0.3 is 15.8 Å². The number of carbonyl (C=O) groups is 3. The molecule has 0 saturated carbocycles. The minimum absolute atomic E-state index is 0.165. The number of amides is 3. The van der Waals surface area contributed by atoms with Crippen LogP contribution in [0.25, 0.3) is 0 Å². The molecule has 1 atom stereocenters. The van der Waals surface area contributed by atoms with Crippen LogP contribution in [-0.4, -0.2) is 31.0 Å². The lowest BCUT2D eigenvalue weighted by molar-refractivity contribution is -0.127. The number of aryl methyl sites for hydroxylation is 1. The van der Waals surface area contributed by atoms with Gasteiger partial charge in [0.05, 0.1) is 5.56 Å². The molecule has 26 heavy (non-hydrogen) atoms. The van der Waals surface area contributed by atoms with Crippen molar-refractivity contribution in [2.24, 2.45) is 5.73 Å². The number of primary amides is 1. The van der Waals surface area contributed by atoms with Crippen LogP contribution in [0.3, 0.4) is 0 Å². The number of nitrogens with zero attached hydrogens (tertiary/aromatic N) is 1. The van der Waals surface area contributed by atoms with Crippen molar-refractivity contribution in [1.29, 1.82) is 0 Å². The Kier molecular flexibility index (Phi) is 4.88. The third kappa shape index (κ3) is 3.51. The third-order valence-electron chi connectivity index (χ3n) is 4.17. The molecule has 1 heterocycles. The molecule has 2 aromatic rings. The van der Waals surface area contributed by atoms with E-state index in [0.29, 0.717) is 18.7 Å². The average molecular weight is 353 g/mol. The van der Waals surface area contributed by atoms with Crippen molar-refractivity contribution >= 4 is 23.6 Å². The number of hydrogen-bond acceptors (Lipinski definition) is 4. The zero-order valence-corrected chi connectivity index (χ0v) is 14.3. The topological polar surface area (TPSA) is 102 Å². The number of benzene rings is 2. The molecule has 1 aliphatic heterocycles. The van der Waals surface area contributed by atoms with E-state index < -0.39 is 18.0 Å². The van der Waals surface area contributed by atoms with E-state index in [2.05, 4.69) is 5.32 Å². The predicted octanol–water partition coefficient (Wildman–Crippen LogP) is 1.91. The Balaban J connectivity index is 1.80. The minimum atomic E-state index is -1.16. The summed E-state index contributed by atoms with van der Waals surface area (Å²) in [7, 11) is 0. The quantitative estimate of drug-likeness (QED) is 0.802. The Hall–Kier alpha value is -3.35. The van der Waals surface area contributed by atoms with Crippen LogP contribution in [0.2, 0.25) is 0 Å².